The van der Waals surface area contributed by atoms with Gasteiger partial charge in [-0.1, -0.05) is 299 Å². The first kappa shape index (κ1) is 72.8. The third-order valence-electron chi connectivity index (χ3n) is 14.4. The van der Waals surface area contributed by atoms with Crippen molar-refractivity contribution in [3.8, 4) is 0 Å². The summed E-state index contributed by atoms with van der Waals surface area (Å²) in [5.41, 5.74) is 0. The van der Waals surface area contributed by atoms with E-state index in [2.05, 4.69) is 93.7 Å². The lowest BCUT2D eigenvalue weighted by Gasteiger charge is -2.18. The van der Waals surface area contributed by atoms with Crippen molar-refractivity contribution in [2.24, 2.45) is 0 Å². The summed E-state index contributed by atoms with van der Waals surface area (Å²) in [6.45, 7) is 6.53. The quantitative estimate of drug-likeness (QED) is 0.0261. The second-order valence-electron chi connectivity index (χ2n) is 22.0. The number of ether oxygens (including phenoxy) is 3. The van der Waals surface area contributed by atoms with Crippen molar-refractivity contribution in [1.82, 2.24) is 0 Å². The van der Waals surface area contributed by atoms with E-state index >= 15 is 0 Å². The van der Waals surface area contributed by atoms with Gasteiger partial charge in [-0.25, -0.2) is 0 Å². The zero-order valence-electron chi connectivity index (χ0n) is 50.5. The minimum atomic E-state index is -0.774. The lowest BCUT2D eigenvalue weighted by atomic mass is 10.0. The summed E-state index contributed by atoms with van der Waals surface area (Å²) in [5, 5.41) is 0. The van der Waals surface area contributed by atoms with Crippen molar-refractivity contribution >= 4 is 17.9 Å². The molecule has 0 saturated carbocycles. The summed E-state index contributed by atoms with van der Waals surface area (Å²) in [4.78, 5) is 38.2. The molecule has 0 aromatic carbocycles. The van der Waals surface area contributed by atoms with Gasteiger partial charge in [-0.3, -0.25) is 14.4 Å². The van der Waals surface area contributed by atoms with Crippen LogP contribution in [-0.4, -0.2) is 37.2 Å². The standard InChI is InChI=1S/C70H124O6/c1-4-7-10-13-16-19-21-23-25-27-29-31-33-34-35-36-38-39-41-43-45-47-49-51-54-57-60-63-69(72)75-66-67(65-74-68(71)62-59-56-53-18-15-12-9-6-3)76-70(73)64-61-58-55-52-50-48-46-44-42-40-37-32-30-28-26-24-22-20-17-14-11-8-5-2/h7,10,16,19,23,25,28-31,34-35,67H,4-6,8-9,11-15,17-18,20-22,24,26-27,32-33,36-66H2,1-3H3/b10-7-,19-16-,25-23-,30-28-,31-29-,35-34-. The Morgan fingerprint density at radius 2 is 0.513 bits per heavy atom. The molecule has 0 aromatic heterocycles. The summed E-state index contributed by atoms with van der Waals surface area (Å²) < 4.78 is 16.9. The number of carbonyl (C=O) groups is 3. The minimum Gasteiger partial charge on any atom is -0.462 e. The molecule has 0 radical (unpaired) electrons. The Bertz CT molecular complexity index is 1400. The number of rotatable bonds is 60. The SMILES string of the molecule is CC/C=C\C/C=C\C/C=C\C/C=C\C/C=C\CCCCCCCCCCCCCC(=O)OCC(COC(=O)CCCCCCCCCC)OC(=O)CCCCCCCCCCCCC/C=C\CCCCCCCCCC. The number of carbonyl (C=O) groups excluding carboxylic acids is 3. The predicted octanol–water partition coefficient (Wildman–Crippen LogP) is 22.5. The minimum absolute atomic E-state index is 0.0730. The van der Waals surface area contributed by atoms with Gasteiger partial charge in [0, 0.05) is 19.3 Å². The maximum atomic E-state index is 12.9. The molecule has 0 aliphatic carbocycles. The van der Waals surface area contributed by atoms with Crippen molar-refractivity contribution in [1.29, 1.82) is 0 Å². The first-order valence-electron chi connectivity index (χ1n) is 32.9. The molecule has 0 heterocycles. The maximum Gasteiger partial charge on any atom is 0.306 e. The van der Waals surface area contributed by atoms with Crippen LogP contribution in [-0.2, 0) is 28.6 Å². The van der Waals surface area contributed by atoms with Crippen LogP contribution in [0.5, 0.6) is 0 Å². The van der Waals surface area contributed by atoms with E-state index in [1.54, 1.807) is 0 Å². The number of allylic oxidation sites excluding steroid dienone is 12. The van der Waals surface area contributed by atoms with Crippen LogP contribution in [0.15, 0.2) is 72.9 Å². The Morgan fingerprint density at radius 3 is 0.816 bits per heavy atom. The van der Waals surface area contributed by atoms with Crippen molar-refractivity contribution in [3.05, 3.63) is 72.9 Å². The average Bonchev–Trinajstić information content (AvgIpc) is 3.42. The molecule has 0 aromatic rings. The molecule has 0 bridgehead atoms. The molecular weight excluding hydrogens is 937 g/mol. The normalized spacial score (nSPS) is 12.5. The van der Waals surface area contributed by atoms with Crippen molar-refractivity contribution in [2.75, 3.05) is 13.2 Å². The lowest BCUT2D eigenvalue weighted by molar-refractivity contribution is -0.167. The number of hydrogen-bond donors (Lipinski definition) is 0. The second-order valence-corrected chi connectivity index (χ2v) is 22.0. The molecule has 6 heteroatoms. The average molecular weight is 1060 g/mol. The molecule has 440 valence electrons. The monoisotopic (exact) mass is 1060 g/mol. The van der Waals surface area contributed by atoms with Gasteiger partial charge in [0.1, 0.15) is 13.2 Å². The highest BCUT2D eigenvalue weighted by molar-refractivity contribution is 5.71. The van der Waals surface area contributed by atoms with Crippen LogP contribution in [0.1, 0.15) is 335 Å². The van der Waals surface area contributed by atoms with E-state index in [0.717, 1.165) is 89.9 Å². The molecule has 76 heavy (non-hydrogen) atoms. The molecule has 6 nitrogen and oxygen atoms in total. The van der Waals surface area contributed by atoms with Gasteiger partial charge in [-0.15, -0.1) is 0 Å². The highest BCUT2D eigenvalue weighted by atomic mass is 16.6. The zero-order valence-corrected chi connectivity index (χ0v) is 50.5. The first-order valence-corrected chi connectivity index (χ1v) is 32.9. The van der Waals surface area contributed by atoms with Gasteiger partial charge in [-0.2, -0.15) is 0 Å². The molecule has 1 unspecified atom stereocenters. The third-order valence-corrected chi connectivity index (χ3v) is 14.4. The van der Waals surface area contributed by atoms with E-state index < -0.39 is 6.10 Å². The molecule has 0 N–H and O–H groups in total. The van der Waals surface area contributed by atoms with Gasteiger partial charge in [0.25, 0.3) is 0 Å². The number of unbranched alkanes of at least 4 members (excludes halogenated alkanes) is 37. The topological polar surface area (TPSA) is 78.9 Å². The second kappa shape index (κ2) is 64.4. The molecule has 0 saturated heterocycles. The van der Waals surface area contributed by atoms with Gasteiger partial charge in [0.2, 0.25) is 0 Å². The predicted molar refractivity (Wildman–Crippen MR) is 330 cm³/mol. The Kier molecular flexibility index (Phi) is 61.7. The summed E-state index contributed by atoms with van der Waals surface area (Å²) in [7, 11) is 0. The van der Waals surface area contributed by atoms with Crippen LogP contribution in [0.4, 0.5) is 0 Å². The smallest absolute Gasteiger partial charge is 0.306 e. The fourth-order valence-electron chi connectivity index (χ4n) is 9.53. The molecule has 0 aliphatic rings. The summed E-state index contributed by atoms with van der Waals surface area (Å²) in [6.07, 6.45) is 83.6. The van der Waals surface area contributed by atoms with E-state index in [4.69, 9.17) is 14.2 Å². The van der Waals surface area contributed by atoms with Gasteiger partial charge in [0.15, 0.2) is 6.10 Å². The Balaban J connectivity index is 4.15. The highest BCUT2D eigenvalue weighted by Crippen LogP contribution is 2.17. The van der Waals surface area contributed by atoms with Gasteiger partial charge < -0.3 is 14.2 Å². The molecule has 0 amide bonds. The van der Waals surface area contributed by atoms with Crippen LogP contribution in [0.25, 0.3) is 0 Å². The van der Waals surface area contributed by atoms with Gasteiger partial charge in [0.05, 0.1) is 0 Å². The van der Waals surface area contributed by atoms with Crippen molar-refractivity contribution in [3.63, 3.8) is 0 Å². The highest BCUT2D eigenvalue weighted by Gasteiger charge is 2.19. The summed E-state index contributed by atoms with van der Waals surface area (Å²) in [5.74, 6) is -0.866. The van der Waals surface area contributed by atoms with Crippen LogP contribution in [0.2, 0.25) is 0 Å². The molecule has 0 spiro atoms. The molecular formula is C70H124O6. The van der Waals surface area contributed by atoms with E-state index in [1.165, 1.54) is 205 Å². The maximum absolute atomic E-state index is 12.9. The summed E-state index contributed by atoms with van der Waals surface area (Å²) >= 11 is 0. The number of hydrogen-bond acceptors (Lipinski definition) is 6. The van der Waals surface area contributed by atoms with E-state index in [0.29, 0.717) is 19.3 Å². The molecule has 0 rings (SSSR count). The van der Waals surface area contributed by atoms with Gasteiger partial charge in [-0.05, 0) is 89.9 Å². The van der Waals surface area contributed by atoms with Crippen LogP contribution >= 0.6 is 0 Å². The molecule has 0 fully saturated rings. The van der Waals surface area contributed by atoms with Crippen LogP contribution in [0.3, 0.4) is 0 Å². The zero-order chi connectivity index (χ0) is 55.0. The van der Waals surface area contributed by atoms with Crippen molar-refractivity contribution in [2.45, 2.75) is 341 Å². The Hall–Kier alpha value is -3.15. The summed E-state index contributed by atoms with van der Waals surface area (Å²) in [6, 6.07) is 0. The lowest BCUT2D eigenvalue weighted by Crippen LogP contribution is -2.30. The van der Waals surface area contributed by atoms with Crippen molar-refractivity contribution < 1.29 is 28.6 Å². The van der Waals surface area contributed by atoms with E-state index in [9.17, 15) is 14.4 Å². The van der Waals surface area contributed by atoms with Crippen LogP contribution in [0, 0.1) is 0 Å². The van der Waals surface area contributed by atoms with E-state index in [-0.39, 0.29) is 31.1 Å². The number of esters is 3. The van der Waals surface area contributed by atoms with Crippen LogP contribution < -0.4 is 0 Å². The fourth-order valence-corrected chi connectivity index (χ4v) is 9.53. The van der Waals surface area contributed by atoms with Gasteiger partial charge >= 0.3 is 17.9 Å². The van der Waals surface area contributed by atoms with E-state index in [1.807, 2.05) is 0 Å². The Labute approximate surface area is 472 Å². The first-order chi connectivity index (χ1) is 37.5. The largest absolute Gasteiger partial charge is 0.462 e. The molecule has 1 atom stereocenters. The Morgan fingerprint density at radius 1 is 0.276 bits per heavy atom. The fraction of sp³-hybridized carbons (Fsp3) is 0.786. The molecule has 0 aliphatic heterocycles. The third kappa shape index (κ3) is 61.7.